The monoisotopic (exact) mass is 255 g/mol. The van der Waals surface area contributed by atoms with Crippen molar-refractivity contribution in [3.05, 3.63) is 29.8 Å². The summed E-state index contributed by atoms with van der Waals surface area (Å²) in [4.78, 5) is 12.0. The van der Waals surface area contributed by atoms with Crippen LogP contribution in [0.2, 0.25) is 0 Å². The Labute approximate surface area is 108 Å². The van der Waals surface area contributed by atoms with E-state index < -0.39 is 0 Å². The molecule has 0 amide bonds. The van der Waals surface area contributed by atoms with Crippen LogP contribution >= 0.6 is 12.4 Å². The molecule has 1 atom stereocenters. The Balaban J connectivity index is 0.00000144. The van der Waals surface area contributed by atoms with E-state index in [0.717, 1.165) is 0 Å². The minimum atomic E-state index is 0. The molecule has 0 bridgehead atoms. The van der Waals surface area contributed by atoms with Gasteiger partial charge in [-0.25, -0.2) is 0 Å². The van der Waals surface area contributed by atoms with Gasteiger partial charge >= 0.3 is 0 Å². The van der Waals surface area contributed by atoms with Crippen LogP contribution in [0.5, 0.6) is 5.75 Å². The van der Waals surface area contributed by atoms with Crippen molar-refractivity contribution in [2.24, 2.45) is 0 Å². The molecule has 17 heavy (non-hydrogen) atoms. The predicted octanol–water partition coefficient (Wildman–Crippen LogP) is 2.44. The van der Waals surface area contributed by atoms with Crippen LogP contribution in [-0.2, 0) is 0 Å². The molecule has 1 aromatic rings. The van der Waals surface area contributed by atoms with Gasteiger partial charge < -0.3 is 10.1 Å². The molecule has 4 heteroatoms. The first-order valence-corrected chi connectivity index (χ1v) is 5.68. The second-order valence-corrected chi connectivity index (χ2v) is 4.45. The first kappa shape index (κ1) is 14.0. The highest BCUT2D eigenvalue weighted by Crippen LogP contribution is 2.23. The number of Topliss-reactive ketones (excluding diaryl/α,β-unsaturated/α-hetero) is 1. The zero-order chi connectivity index (χ0) is 11.5. The number of rotatable bonds is 2. The van der Waals surface area contributed by atoms with Crippen LogP contribution in [0.4, 0.5) is 0 Å². The molecule has 1 unspecified atom stereocenters. The van der Waals surface area contributed by atoms with Crippen LogP contribution in [0.3, 0.4) is 0 Å². The van der Waals surface area contributed by atoms with Crippen LogP contribution in [0.15, 0.2) is 24.3 Å². The average Bonchev–Trinajstić information content (AvgIpc) is 2.39. The van der Waals surface area contributed by atoms with Gasteiger partial charge in [-0.3, -0.25) is 4.79 Å². The first-order valence-electron chi connectivity index (χ1n) is 5.68. The van der Waals surface area contributed by atoms with E-state index in [2.05, 4.69) is 19.2 Å². The highest BCUT2D eigenvalue weighted by molar-refractivity contribution is 5.99. The number of nitrogens with one attached hydrogen (secondary N) is 1. The maximum atomic E-state index is 12.0. The Bertz CT molecular complexity index is 393. The number of para-hydroxylation sites is 1. The number of halogens is 1. The fraction of sp³-hybridized carbons (Fsp3) is 0.462. The Kier molecular flexibility index (Phi) is 4.97. The third-order valence-electron chi connectivity index (χ3n) is 2.63. The number of hydrogen-bond acceptors (Lipinski definition) is 3. The summed E-state index contributed by atoms with van der Waals surface area (Å²) >= 11 is 0. The largest absolute Gasteiger partial charge is 0.491 e. The minimum absolute atomic E-state index is 0. The highest BCUT2D eigenvalue weighted by atomic mass is 35.5. The quantitative estimate of drug-likeness (QED) is 0.882. The lowest BCUT2D eigenvalue weighted by Gasteiger charge is -2.18. The number of ketones is 1. The summed E-state index contributed by atoms with van der Waals surface area (Å²) in [5, 5.41) is 3.34. The van der Waals surface area contributed by atoms with Crippen LogP contribution in [0.25, 0.3) is 0 Å². The lowest BCUT2D eigenvalue weighted by molar-refractivity contribution is 0.0969. The van der Waals surface area contributed by atoms with Crippen molar-refractivity contribution in [2.75, 3.05) is 6.61 Å². The maximum Gasteiger partial charge on any atom is 0.168 e. The van der Waals surface area contributed by atoms with Crippen molar-refractivity contribution < 1.29 is 9.53 Å². The molecule has 1 aliphatic heterocycles. The summed E-state index contributed by atoms with van der Waals surface area (Å²) in [6, 6.07) is 7.92. The zero-order valence-corrected chi connectivity index (χ0v) is 10.9. The van der Waals surface area contributed by atoms with Gasteiger partial charge in [0.05, 0.1) is 5.56 Å². The molecule has 3 nitrogen and oxygen atoms in total. The Morgan fingerprint density at radius 3 is 2.76 bits per heavy atom. The summed E-state index contributed by atoms with van der Waals surface area (Å²) in [7, 11) is 0. The van der Waals surface area contributed by atoms with Gasteiger partial charge in [-0.05, 0) is 12.1 Å². The van der Waals surface area contributed by atoms with Gasteiger partial charge in [-0.2, -0.15) is 0 Å². The molecule has 1 aliphatic rings. The van der Waals surface area contributed by atoms with Gasteiger partial charge in [-0.1, -0.05) is 26.0 Å². The third kappa shape index (κ3) is 3.45. The third-order valence-corrected chi connectivity index (χ3v) is 2.63. The van der Waals surface area contributed by atoms with E-state index >= 15 is 0 Å². The van der Waals surface area contributed by atoms with E-state index in [4.69, 9.17) is 4.74 Å². The van der Waals surface area contributed by atoms with Gasteiger partial charge in [0, 0.05) is 18.5 Å². The molecule has 2 rings (SSSR count). The smallest absolute Gasteiger partial charge is 0.168 e. The van der Waals surface area contributed by atoms with Crippen LogP contribution in [0, 0.1) is 0 Å². The molecule has 0 aliphatic carbocycles. The molecule has 0 aromatic heterocycles. The number of benzene rings is 1. The summed E-state index contributed by atoms with van der Waals surface area (Å²) in [5.41, 5.74) is 0.704. The van der Waals surface area contributed by atoms with Crippen molar-refractivity contribution >= 4 is 18.2 Å². The van der Waals surface area contributed by atoms with Crippen molar-refractivity contribution in [2.45, 2.75) is 32.4 Å². The standard InChI is InChI=1S/C13H17NO2.ClH/c1-9(2)14-10-7-12(15)11-5-3-4-6-13(11)16-8-10;/h3-6,9-10,14H,7-8H2,1-2H3;1H. The molecular formula is C13H18ClNO2. The minimum Gasteiger partial charge on any atom is -0.491 e. The number of fused-ring (bicyclic) bond motifs is 1. The van der Waals surface area contributed by atoms with E-state index in [0.29, 0.717) is 30.4 Å². The molecule has 0 radical (unpaired) electrons. The lowest BCUT2D eigenvalue weighted by Crippen LogP contribution is -2.39. The summed E-state index contributed by atoms with van der Waals surface area (Å²) in [6.45, 7) is 4.70. The van der Waals surface area contributed by atoms with E-state index in [1.165, 1.54) is 0 Å². The van der Waals surface area contributed by atoms with Gasteiger partial charge in [0.1, 0.15) is 12.4 Å². The van der Waals surface area contributed by atoms with E-state index in [1.54, 1.807) is 0 Å². The number of hydrogen-bond donors (Lipinski definition) is 1. The van der Waals surface area contributed by atoms with Crippen molar-refractivity contribution in [1.82, 2.24) is 5.32 Å². The van der Waals surface area contributed by atoms with Gasteiger partial charge in [0.15, 0.2) is 5.78 Å². The van der Waals surface area contributed by atoms with Crippen LogP contribution in [0.1, 0.15) is 30.6 Å². The molecule has 1 N–H and O–H groups in total. The number of carbonyl (C=O) groups excluding carboxylic acids is 1. The summed E-state index contributed by atoms with van der Waals surface area (Å²) < 4.78 is 5.65. The molecule has 1 heterocycles. The molecule has 0 spiro atoms. The lowest BCUT2D eigenvalue weighted by atomic mass is 10.0. The molecule has 1 aromatic carbocycles. The van der Waals surface area contributed by atoms with Gasteiger partial charge in [0.25, 0.3) is 0 Å². The predicted molar refractivity (Wildman–Crippen MR) is 70.2 cm³/mol. The van der Waals surface area contributed by atoms with Crippen molar-refractivity contribution in [3.8, 4) is 5.75 Å². The van der Waals surface area contributed by atoms with E-state index in [-0.39, 0.29) is 24.2 Å². The summed E-state index contributed by atoms with van der Waals surface area (Å²) in [5.74, 6) is 0.867. The maximum absolute atomic E-state index is 12.0. The Morgan fingerprint density at radius 2 is 2.06 bits per heavy atom. The first-order chi connectivity index (χ1) is 7.66. The second kappa shape index (κ2) is 6.03. The molecule has 94 valence electrons. The second-order valence-electron chi connectivity index (χ2n) is 4.45. The van der Waals surface area contributed by atoms with Crippen molar-refractivity contribution in [3.63, 3.8) is 0 Å². The zero-order valence-electron chi connectivity index (χ0n) is 10.1. The molecular weight excluding hydrogens is 238 g/mol. The topological polar surface area (TPSA) is 38.3 Å². The number of carbonyl (C=O) groups is 1. The van der Waals surface area contributed by atoms with E-state index in [1.807, 2.05) is 24.3 Å². The molecule has 0 fully saturated rings. The Morgan fingerprint density at radius 1 is 1.35 bits per heavy atom. The summed E-state index contributed by atoms with van der Waals surface area (Å²) in [6.07, 6.45) is 0.509. The van der Waals surface area contributed by atoms with Gasteiger partial charge in [-0.15, -0.1) is 12.4 Å². The SMILES string of the molecule is CC(C)NC1COc2ccccc2C(=O)C1.Cl. The van der Waals surface area contributed by atoms with Crippen LogP contribution in [-0.4, -0.2) is 24.5 Å². The fourth-order valence-electron chi connectivity index (χ4n) is 1.98. The van der Waals surface area contributed by atoms with Crippen LogP contribution < -0.4 is 10.1 Å². The van der Waals surface area contributed by atoms with Gasteiger partial charge in [0.2, 0.25) is 0 Å². The van der Waals surface area contributed by atoms with E-state index in [9.17, 15) is 4.79 Å². The van der Waals surface area contributed by atoms with Crippen molar-refractivity contribution in [1.29, 1.82) is 0 Å². The number of ether oxygens (including phenoxy) is 1. The highest BCUT2D eigenvalue weighted by Gasteiger charge is 2.23. The molecule has 0 saturated heterocycles. The Hall–Kier alpha value is -1.06. The fourth-order valence-corrected chi connectivity index (χ4v) is 1.98. The normalized spacial score (nSPS) is 19.0. The molecule has 0 saturated carbocycles. The average molecular weight is 256 g/mol.